The van der Waals surface area contributed by atoms with Crippen molar-refractivity contribution in [1.82, 2.24) is 10.3 Å². The minimum Gasteiger partial charge on any atom is -0.309 e. The summed E-state index contributed by atoms with van der Waals surface area (Å²) in [7, 11) is 0. The lowest BCUT2D eigenvalue weighted by molar-refractivity contribution is 0.491. The second-order valence-corrected chi connectivity index (χ2v) is 3.46. The Hall–Kier alpha value is -1.33. The number of nitrogens with one attached hydrogen (secondary N) is 1. The molecule has 0 amide bonds. The Bertz CT molecular complexity index is 300. The molecule has 0 saturated carbocycles. The Labute approximate surface area is 92.1 Å². The van der Waals surface area contributed by atoms with Crippen LogP contribution in [0.5, 0.6) is 0 Å². The fourth-order valence-corrected chi connectivity index (χ4v) is 1.59. The smallest absolute Gasteiger partial charge is 0.0573 e. The Morgan fingerprint density at radius 3 is 3.00 bits per heavy atom. The van der Waals surface area contributed by atoms with Gasteiger partial charge >= 0.3 is 0 Å². The molecule has 1 aromatic rings. The van der Waals surface area contributed by atoms with Gasteiger partial charge in [-0.3, -0.25) is 4.98 Å². The van der Waals surface area contributed by atoms with Crippen molar-refractivity contribution in [2.45, 2.75) is 32.2 Å². The maximum absolute atomic E-state index is 5.24. The molecule has 1 heterocycles. The van der Waals surface area contributed by atoms with E-state index in [9.17, 15) is 0 Å². The quantitative estimate of drug-likeness (QED) is 0.566. The van der Waals surface area contributed by atoms with E-state index >= 15 is 0 Å². The molecule has 15 heavy (non-hydrogen) atoms. The van der Waals surface area contributed by atoms with Crippen LogP contribution >= 0.6 is 0 Å². The molecule has 1 rings (SSSR count). The lowest BCUT2D eigenvalue weighted by atomic mass is 10.1. The van der Waals surface area contributed by atoms with E-state index < -0.39 is 0 Å². The molecule has 0 aliphatic carbocycles. The van der Waals surface area contributed by atoms with Gasteiger partial charge in [-0.2, -0.15) is 0 Å². The third-order valence-electron chi connectivity index (χ3n) is 2.31. The minimum absolute atomic E-state index is 0.338. The molecule has 0 saturated heterocycles. The number of rotatable bonds is 6. The van der Waals surface area contributed by atoms with Crippen LogP contribution in [0.4, 0.5) is 0 Å². The molecule has 1 aromatic heterocycles. The number of hydrogen-bond donors (Lipinski definition) is 1. The summed E-state index contributed by atoms with van der Waals surface area (Å²) < 4.78 is 0. The van der Waals surface area contributed by atoms with E-state index in [0.29, 0.717) is 6.04 Å². The highest BCUT2D eigenvalue weighted by atomic mass is 14.9. The molecule has 2 nitrogen and oxygen atoms in total. The second kappa shape index (κ2) is 7.03. The predicted octanol–water partition coefficient (Wildman–Crippen LogP) is 2.54. The van der Waals surface area contributed by atoms with Crippen molar-refractivity contribution < 1.29 is 0 Å². The number of hydrogen-bond acceptors (Lipinski definition) is 2. The second-order valence-electron chi connectivity index (χ2n) is 3.46. The summed E-state index contributed by atoms with van der Waals surface area (Å²) in [4.78, 5) is 4.36. The SMILES string of the molecule is C#CCCCC(NCC)c1ccccn1. The van der Waals surface area contributed by atoms with Crippen molar-refractivity contribution >= 4 is 0 Å². The van der Waals surface area contributed by atoms with Crippen molar-refractivity contribution in [2.75, 3.05) is 6.54 Å². The van der Waals surface area contributed by atoms with Gasteiger partial charge in [-0.05, 0) is 31.5 Å². The van der Waals surface area contributed by atoms with Crippen LogP contribution in [0.1, 0.15) is 37.9 Å². The topological polar surface area (TPSA) is 24.9 Å². The first kappa shape index (κ1) is 11.7. The van der Waals surface area contributed by atoms with Gasteiger partial charge in [-0.15, -0.1) is 12.3 Å². The van der Waals surface area contributed by atoms with Crippen molar-refractivity contribution in [2.24, 2.45) is 0 Å². The Morgan fingerprint density at radius 1 is 1.53 bits per heavy atom. The first-order valence-corrected chi connectivity index (χ1v) is 5.46. The number of aromatic nitrogens is 1. The highest BCUT2D eigenvalue weighted by Crippen LogP contribution is 2.16. The van der Waals surface area contributed by atoms with Gasteiger partial charge in [0.25, 0.3) is 0 Å². The Kier molecular flexibility index (Phi) is 5.50. The highest BCUT2D eigenvalue weighted by molar-refractivity contribution is 5.08. The Balaban J connectivity index is 2.54. The number of unbranched alkanes of at least 4 members (excludes halogenated alkanes) is 1. The van der Waals surface area contributed by atoms with Crippen LogP contribution in [0.2, 0.25) is 0 Å². The van der Waals surface area contributed by atoms with Crippen LogP contribution in [0.3, 0.4) is 0 Å². The molecule has 0 aliphatic heterocycles. The Morgan fingerprint density at radius 2 is 2.40 bits per heavy atom. The standard InChI is InChI=1S/C13H18N2/c1-3-5-6-9-12(14-4-2)13-10-7-8-11-15-13/h1,7-8,10-12,14H,4-6,9H2,2H3. The van der Waals surface area contributed by atoms with Crippen LogP contribution in [0, 0.1) is 12.3 Å². The first-order valence-electron chi connectivity index (χ1n) is 5.46. The van der Waals surface area contributed by atoms with Crippen molar-refractivity contribution in [1.29, 1.82) is 0 Å². The number of pyridine rings is 1. The summed E-state index contributed by atoms with van der Waals surface area (Å²) in [6, 6.07) is 6.36. The summed E-state index contributed by atoms with van der Waals surface area (Å²) in [6.07, 6.45) is 10.0. The molecule has 1 unspecified atom stereocenters. The predicted molar refractivity (Wildman–Crippen MR) is 63.3 cm³/mol. The van der Waals surface area contributed by atoms with E-state index in [0.717, 1.165) is 31.5 Å². The van der Waals surface area contributed by atoms with Crippen LogP contribution in [0.25, 0.3) is 0 Å². The average Bonchev–Trinajstić information content (AvgIpc) is 2.29. The van der Waals surface area contributed by atoms with E-state index in [-0.39, 0.29) is 0 Å². The van der Waals surface area contributed by atoms with Gasteiger partial charge in [0.15, 0.2) is 0 Å². The maximum Gasteiger partial charge on any atom is 0.0573 e. The van der Waals surface area contributed by atoms with E-state index in [2.05, 4.69) is 29.2 Å². The maximum atomic E-state index is 5.24. The third kappa shape index (κ3) is 4.14. The first-order chi connectivity index (χ1) is 7.38. The van der Waals surface area contributed by atoms with E-state index in [4.69, 9.17) is 6.42 Å². The fraction of sp³-hybridized carbons (Fsp3) is 0.462. The average molecular weight is 202 g/mol. The molecule has 0 aromatic carbocycles. The molecular weight excluding hydrogens is 184 g/mol. The van der Waals surface area contributed by atoms with Crippen molar-refractivity contribution in [3.63, 3.8) is 0 Å². The van der Waals surface area contributed by atoms with Gasteiger partial charge in [0.2, 0.25) is 0 Å². The van der Waals surface area contributed by atoms with Gasteiger partial charge in [-0.1, -0.05) is 13.0 Å². The van der Waals surface area contributed by atoms with Crippen LogP contribution in [-0.4, -0.2) is 11.5 Å². The number of nitrogens with zero attached hydrogens (tertiary/aromatic N) is 1. The largest absolute Gasteiger partial charge is 0.309 e. The van der Waals surface area contributed by atoms with Gasteiger partial charge in [0, 0.05) is 18.7 Å². The van der Waals surface area contributed by atoms with Crippen LogP contribution in [0.15, 0.2) is 24.4 Å². The zero-order chi connectivity index (χ0) is 10.9. The summed E-state index contributed by atoms with van der Waals surface area (Å²) in [5.74, 6) is 2.67. The highest BCUT2D eigenvalue weighted by Gasteiger charge is 2.09. The van der Waals surface area contributed by atoms with Gasteiger partial charge < -0.3 is 5.32 Å². The zero-order valence-corrected chi connectivity index (χ0v) is 9.24. The third-order valence-corrected chi connectivity index (χ3v) is 2.31. The molecular formula is C13H18N2. The monoisotopic (exact) mass is 202 g/mol. The van der Waals surface area contributed by atoms with Crippen molar-refractivity contribution in [3.05, 3.63) is 30.1 Å². The molecule has 80 valence electrons. The van der Waals surface area contributed by atoms with Gasteiger partial charge in [-0.25, -0.2) is 0 Å². The lowest BCUT2D eigenvalue weighted by Gasteiger charge is -2.16. The minimum atomic E-state index is 0.338. The molecule has 2 heteroatoms. The summed E-state index contributed by atoms with van der Waals surface area (Å²) in [5.41, 5.74) is 1.11. The molecule has 0 aliphatic rings. The zero-order valence-electron chi connectivity index (χ0n) is 9.24. The van der Waals surface area contributed by atoms with Crippen LogP contribution < -0.4 is 5.32 Å². The van der Waals surface area contributed by atoms with E-state index in [1.165, 1.54) is 0 Å². The van der Waals surface area contributed by atoms with E-state index in [1.54, 1.807) is 0 Å². The van der Waals surface area contributed by atoms with Crippen molar-refractivity contribution in [3.8, 4) is 12.3 Å². The fourth-order valence-electron chi connectivity index (χ4n) is 1.59. The number of terminal acetylenes is 1. The van der Waals surface area contributed by atoms with Gasteiger partial charge in [0.1, 0.15) is 0 Å². The molecule has 0 spiro atoms. The summed E-state index contributed by atoms with van der Waals surface area (Å²) in [6.45, 7) is 3.06. The molecule has 0 radical (unpaired) electrons. The molecule has 0 fully saturated rings. The van der Waals surface area contributed by atoms with Crippen LogP contribution in [-0.2, 0) is 0 Å². The normalized spacial score (nSPS) is 12.0. The molecule has 0 bridgehead atoms. The summed E-state index contributed by atoms with van der Waals surface area (Å²) >= 11 is 0. The molecule has 1 N–H and O–H groups in total. The molecule has 1 atom stereocenters. The summed E-state index contributed by atoms with van der Waals surface area (Å²) in [5, 5.41) is 3.43. The lowest BCUT2D eigenvalue weighted by Crippen LogP contribution is -2.21. The van der Waals surface area contributed by atoms with E-state index in [1.807, 2.05) is 18.3 Å². The van der Waals surface area contributed by atoms with Gasteiger partial charge in [0.05, 0.1) is 5.69 Å².